The lowest BCUT2D eigenvalue weighted by Crippen LogP contribution is -2.26. The molecule has 0 aliphatic heterocycles. The van der Waals surface area contributed by atoms with Gasteiger partial charge in [-0.15, -0.1) is 0 Å². The van der Waals surface area contributed by atoms with Crippen molar-refractivity contribution < 1.29 is 14.6 Å². The van der Waals surface area contributed by atoms with Crippen molar-refractivity contribution in [2.45, 2.75) is 19.9 Å². The average molecular weight is 334 g/mol. The second-order valence-corrected chi connectivity index (χ2v) is 5.76. The van der Waals surface area contributed by atoms with Crippen molar-refractivity contribution >= 4 is 17.5 Å². The van der Waals surface area contributed by atoms with E-state index in [0.717, 1.165) is 17.5 Å². The number of halogens is 1. The van der Waals surface area contributed by atoms with Gasteiger partial charge in [0.15, 0.2) is 0 Å². The predicted octanol–water partition coefficient (Wildman–Crippen LogP) is 3.89. The Morgan fingerprint density at radius 2 is 2.00 bits per heavy atom. The zero-order valence-corrected chi connectivity index (χ0v) is 14.2. The molecule has 0 aromatic heterocycles. The van der Waals surface area contributed by atoms with E-state index in [-0.39, 0.29) is 11.7 Å². The molecule has 0 bridgehead atoms. The number of hydrogen-bond donors (Lipinski definition) is 1. The van der Waals surface area contributed by atoms with Crippen molar-refractivity contribution in [1.82, 2.24) is 4.90 Å². The highest BCUT2D eigenvalue weighted by Crippen LogP contribution is 2.26. The number of nitrogens with zero attached hydrogens (tertiary/aromatic N) is 1. The second kappa shape index (κ2) is 7.38. The molecule has 1 N–H and O–H groups in total. The van der Waals surface area contributed by atoms with Gasteiger partial charge >= 0.3 is 0 Å². The molecule has 1 amide bonds. The summed E-state index contributed by atoms with van der Waals surface area (Å²) in [5.74, 6) is 0.400. The molecule has 2 rings (SSSR count). The molecule has 0 unspecified atom stereocenters. The predicted molar refractivity (Wildman–Crippen MR) is 91.3 cm³/mol. The number of phenolic OH excluding ortho intramolecular Hbond substituents is 1. The molecular weight excluding hydrogens is 314 g/mol. The Bertz CT molecular complexity index is 715. The molecule has 2 aromatic rings. The summed E-state index contributed by atoms with van der Waals surface area (Å²) < 4.78 is 5.30. The molecule has 0 fully saturated rings. The first-order valence-electron chi connectivity index (χ1n) is 7.36. The van der Waals surface area contributed by atoms with E-state index >= 15 is 0 Å². The fraction of sp³-hybridized carbons (Fsp3) is 0.278. The third-order valence-electron chi connectivity index (χ3n) is 3.70. The number of benzene rings is 2. The Balaban J connectivity index is 2.25. The maximum Gasteiger partial charge on any atom is 0.257 e. The Morgan fingerprint density at radius 1 is 1.26 bits per heavy atom. The van der Waals surface area contributed by atoms with Crippen LogP contribution in [0.4, 0.5) is 0 Å². The molecule has 5 heteroatoms. The van der Waals surface area contributed by atoms with Crippen molar-refractivity contribution in [3.63, 3.8) is 0 Å². The number of aryl methyl sites for hydroxylation is 1. The maximum atomic E-state index is 12.6. The molecule has 0 atom stereocenters. The van der Waals surface area contributed by atoms with Gasteiger partial charge < -0.3 is 14.7 Å². The number of methoxy groups -OCH3 is 1. The molecule has 122 valence electrons. The number of carbonyl (C=O) groups excluding carboxylic acids is 1. The third kappa shape index (κ3) is 3.96. The van der Waals surface area contributed by atoms with Crippen LogP contribution in [0.1, 0.15) is 28.4 Å². The van der Waals surface area contributed by atoms with Gasteiger partial charge in [0.25, 0.3) is 5.91 Å². The number of amides is 1. The highest BCUT2D eigenvalue weighted by Gasteiger charge is 2.18. The van der Waals surface area contributed by atoms with E-state index in [1.165, 1.54) is 4.90 Å². The molecular formula is C18H20ClNO3. The minimum absolute atomic E-state index is 0.0166. The van der Waals surface area contributed by atoms with Gasteiger partial charge in [-0.3, -0.25) is 4.79 Å². The minimum atomic E-state index is -0.250. The Hall–Kier alpha value is -2.20. The fourth-order valence-corrected chi connectivity index (χ4v) is 2.57. The van der Waals surface area contributed by atoms with Crippen LogP contribution in [0.2, 0.25) is 5.02 Å². The summed E-state index contributed by atoms with van der Waals surface area (Å²) in [5.41, 5.74) is 2.11. The number of rotatable bonds is 5. The molecule has 23 heavy (non-hydrogen) atoms. The van der Waals surface area contributed by atoms with Crippen LogP contribution in [0.5, 0.6) is 11.5 Å². The minimum Gasteiger partial charge on any atom is -0.507 e. The molecule has 0 saturated carbocycles. The average Bonchev–Trinajstić information content (AvgIpc) is 2.55. The van der Waals surface area contributed by atoms with Gasteiger partial charge in [-0.2, -0.15) is 0 Å². The fourth-order valence-electron chi connectivity index (χ4n) is 2.38. The van der Waals surface area contributed by atoms with E-state index in [0.29, 0.717) is 22.9 Å². The van der Waals surface area contributed by atoms with Gasteiger partial charge in [0.05, 0.1) is 12.7 Å². The highest BCUT2D eigenvalue weighted by molar-refractivity contribution is 6.30. The number of phenols is 1. The van der Waals surface area contributed by atoms with Gasteiger partial charge in [-0.25, -0.2) is 0 Å². The number of carbonyl (C=O) groups is 1. The largest absolute Gasteiger partial charge is 0.507 e. The maximum absolute atomic E-state index is 12.6. The molecule has 0 aliphatic carbocycles. The van der Waals surface area contributed by atoms with Gasteiger partial charge in [-0.05, 0) is 42.3 Å². The summed E-state index contributed by atoms with van der Waals surface area (Å²) in [6.45, 7) is 2.33. The van der Waals surface area contributed by atoms with E-state index in [2.05, 4.69) is 0 Å². The third-order valence-corrected chi connectivity index (χ3v) is 3.93. The lowest BCUT2D eigenvalue weighted by molar-refractivity contribution is 0.0781. The normalized spacial score (nSPS) is 10.4. The molecule has 0 saturated heterocycles. The van der Waals surface area contributed by atoms with E-state index in [9.17, 15) is 9.90 Å². The van der Waals surface area contributed by atoms with E-state index in [1.807, 2.05) is 13.0 Å². The van der Waals surface area contributed by atoms with Gasteiger partial charge in [0.1, 0.15) is 11.5 Å². The summed E-state index contributed by atoms with van der Waals surface area (Å²) in [4.78, 5) is 14.1. The van der Waals surface area contributed by atoms with Crippen LogP contribution in [-0.2, 0) is 13.0 Å². The first-order valence-corrected chi connectivity index (χ1v) is 7.73. The lowest BCUT2D eigenvalue weighted by Gasteiger charge is -2.20. The molecule has 0 heterocycles. The molecule has 0 radical (unpaired) electrons. The van der Waals surface area contributed by atoms with Crippen molar-refractivity contribution in [3.8, 4) is 11.5 Å². The first-order chi connectivity index (χ1) is 11.0. The van der Waals surface area contributed by atoms with E-state index in [1.54, 1.807) is 44.5 Å². The standard InChI is InChI=1S/C18H20ClNO3/c1-4-12-5-7-16(21)15(9-12)18(22)20(2)11-13-10-14(19)6-8-17(13)23-3/h5-10,21H,4,11H2,1-3H3. The summed E-state index contributed by atoms with van der Waals surface area (Å²) >= 11 is 6.02. The van der Waals surface area contributed by atoms with Crippen molar-refractivity contribution in [2.75, 3.05) is 14.2 Å². The SMILES string of the molecule is CCc1ccc(O)c(C(=O)N(C)Cc2cc(Cl)ccc2OC)c1. The van der Waals surface area contributed by atoms with E-state index in [4.69, 9.17) is 16.3 Å². The van der Waals surface area contributed by atoms with Crippen LogP contribution < -0.4 is 4.74 Å². The van der Waals surface area contributed by atoms with Gasteiger partial charge in [0.2, 0.25) is 0 Å². The number of aromatic hydroxyl groups is 1. The van der Waals surface area contributed by atoms with Crippen LogP contribution in [0.3, 0.4) is 0 Å². The Labute approximate surface area is 141 Å². The van der Waals surface area contributed by atoms with Crippen LogP contribution in [0, 0.1) is 0 Å². The van der Waals surface area contributed by atoms with Crippen molar-refractivity contribution in [2.24, 2.45) is 0 Å². The monoisotopic (exact) mass is 333 g/mol. The topological polar surface area (TPSA) is 49.8 Å². The molecule has 0 spiro atoms. The summed E-state index contributed by atoms with van der Waals surface area (Å²) in [6, 6.07) is 10.4. The summed E-state index contributed by atoms with van der Waals surface area (Å²) in [7, 11) is 3.26. The number of ether oxygens (including phenoxy) is 1. The van der Waals surface area contributed by atoms with Crippen molar-refractivity contribution in [1.29, 1.82) is 0 Å². The van der Waals surface area contributed by atoms with Crippen LogP contribution in [0.15, 0.2) is 36.4 Å². The van der Waals surface area contributed by atoms with Crippen LogP contribution in [0.25, 0.3) is 0 Å². The molecule has 0 aliphatic rings. The second-order valence-electron chi connectivity index (χ2n) is 5.32. The highest BCUT2D eigenvalue weighted by atomic mass is 35.5. The van der Waals surface area contributed by atoms with Crippen LogP contribution >= 0.6 is 11.6 Å². The quantitative estimate of drug-likeness (QED) is 0.903. The first kappa shape index (κ1) is 17.2. The van der Waals surface area contributed by atoms with Crippen LogP contribution in [-0.4, -0.2) is 30.1 Å². The Morgan fingerprint density at radius 3 is 2.65 bits per heavy atom. The van der Waals surface area contributed by atoms with Gasteiger partial charge in [-0.1, -0.05) is 24.6 Å². The van der Waals surface area contributed by atoms with E-state index < -0.39 is 0 Å². The van der Waals surface area contributed by atoms with Gasteiger partial charge in [0, 0.05) is 24.2 Å². The smallest absolute Gasteiger partial charge is 0.257 e. The lowest BCUT2D eigenvalue weighted by atomic mass is 10.1. The number of hydrogen-bond acceptors (Lipinski definition) is 3. The zero-order valence-electron chi connectivity index (χ0n) is 13.5. The zero-order chi connectivity index (χ0) is 17.0. The van der Waals surface area contributed by atoms with Crippen molar-refractivity contribution in [3.05, 3.63) is 58.1 Å². The summed E-state index contributed by atoms with van der Waals surface area (Å²) in [6.07, 6.45) is 0.798. The molecule has 4 nitrogen and oxygen atoms in total. The Kier molecular flexibility index (Phi) is 5.50. The molecule has 2 aromatic carbocycles. The summed E-state index contributed by atoms with van der Waals surface area (Å²) in [5, 5.41) is 10.5.